The van der Waals surface area contributed by atoms with Gasteiger partial charge >= 0.3 is 0 Å². The summed E-state index contributed by atoms with van der Waals surface area (Å²) in [6.07, 6.45) is 1.83. The first-order valence-corrected chi connectivity index (χ1v) is 5.07. The van der Waals surface area contributed by atoms with E-state index in [1.165, 1.54) is 0 Å². The number of hydrogen-bond acceptors (Lipinski definition) is 3. The minimum atomic E-state index is 0.0398. The van der Waals surface area contributed by atoms with Crippen LogP contribution in [0.4, 0.5) is 5.82 Å². The highest BCUT2D eigenvalue weighted by Gasteiger charge is 2.04. The Hall–Kier alpha value is -1.35. The van der Waals surface area contributed by atoms with Crippen LogP contribution in [-0.2, 0) is 0 Å². The fourth-order valence-electron chi connectivity index (χ4n) is 1.38. The number of aromatic nitrogens is 1. The highest BCUT2D eigenvalue weighted by atomic mass is 15.2. The zero-order valence-electron chi connectivity index (χ0n) is 9.70. The lowest BCUT2D eigenvalue weighted by molar-refractivity contribution is 0.809. The molecule has 1 aromatic heterocycles. The predicted molar refractivity (Wildman–Crippen MR) is 64.9 cm³/mol. The lowest BCUT2D eigenvalue weighted by Gasteiger charge is -2.18. The maximum atomic E-state index is 5.75. The Morgan fingerprint density at radius 2 is 2.27 bits per heavy atom. The van der Waals surface area contributed by atoms with Crippen LogP contribution in [0.25, 0.3) is 0 Å². The zero-order valence-corrected chi connectivity index (χ0v) is 9.70. The van der Waals surface area contributed by atoms with Crippen molar-refractivity contribution in [2.75, 3.05) is 18.5 Å². The van der Waals surface area contributed by atoms with Crippen molar-refractivity contribution in [2.24, 2.45) is 5.73 Å². The van der Waals surface area contributed by atoms with Gasteiger partial charge in [-0.3, -0.25) is 0 Å². The molecule has 0 amide bonds. The van der Waals surface area contributed by atoms with Crippen molar-refractivity contribution in [1.82, 2.24) is 4.98 Å². The molecule has 0 aliphatic heterocycles. The fraction of sp³-hybridized carbons (Fsp3) is 0.417. The van der Waals surface area contributed by atoms with Crippen LogP contribution >= 0.6 is 0 Å². The maximum absolute atomic E-state index is 5.75. The standard InChI is InChI=1S/C12H19N3/c1-9(2)8-15(4)12-6-5-11(7-14-12)10(3)13/h5-7,10H,1,8,13H2,2-4H3. The summed E-state index contributed by atoms with van der Waals surface area (Å²) in [7, 11) is 2.00. The molecule has 1 unspecified atom stereocenters. The van der Waals surface area contributed by atoms with Crippen molar-refractivity contribution >= 4 is 5.82 Å². The van der Waals surface area contributed by atoms with E-state index < -0.39 is 0 Å². The predicted octanol–water partition coefficient (Wildman–Crippen LogP) is 2.11. The summed E-state index contributed by atoms with van der Waals surface area (Å²) in [6.45, 7) is 8.66. The molecule has 0 radical (unpaired) electrons. The number of nitrogens with zero attached hydrogens (tertiary/aromatic N) is 2. The second-order valence-corrected chi connectivity index (χ2v) is 4.05. The van der Waals surface area contributed by atoms with Gasteiger partial charge in [-0.1, -0.05) is 18.2 Å². The van der Waals surface area contributed by atoms with E-state index in [1.807, 2.05) is 39.2 Å². The van der Waals surface area contributed by atoms with Gasteiger partial charge in [-0.05, 0) is 25.5 Å². The van der Waals surface area contributed by atoms with Crippen molar-refractivity contribution in [1.29, 1.82) is 0 Å². The molecule has 2 N–H and O–H groups in total. The third-order valence-corrected chi connectivity index (χ3v) is 2.19. The normalized spacial score (nSPS) is 12.3. The van der Waals surface area contributed by atoms with E-state index in [4.69, 9.17) is 5.73 Å². The first-order valence-electron chi connectivity index (χ1n) is 5.07. The average molecular weight is 205 g/mol. The molecule has 1 rings (SSSR count). The monoisotopic (exact) mass is 205 g/mol. The van der Waals surface area contributed by atoms with Crippen LogP contribution in [0.2, 0.25) is 0 Å². The summed E-state index contributed by atoms with van der Waals surface area (Å²) in [6, 6.07) is 4.04. The second-order valence-electron chi connectivity index (χ2n) is 4.05. The fourth-order valence-corrected chi connectivity index (χ4v) is 1.38. The largest absolute Gasteiger partial charge is 0.356 e. The molecule has 15 heavy (non-hydrogen) atoms. The molecule has 0 saturated heterocycles. The third-order valence-electron chi connectivity index (χ3n) is 2.19. The molecule has 0 aliphatic carbocycles. The third kappa shape index (κ3) is 3.36. The zero-order chi connectivity index (χ0) is 11.4. The Morgan fingerprint density at radius 3 is 2.67 bits per heavy atom. The van der Waals surface area contributed by atoms with Crippen LogP contribution in [0.1, 0.15) is 25.5 Å². The van der Waals surface area contributed by atoms with Gasteiger partial charge < -0.3 is 10.6 Å². The smallest absolute Gasteiger partial charge is 0.128 e. The van der Waals surface area contributed by atoms with Gasteiger partial charge in [0.2, 0.25) is 0 Å². The van der Waals surface area contributed by atoms with Crippen molar-refractivity contribution in [2.45, 2.75) is 19.9 Å². The van der Waals surface area contributed by atoms with Crippen LogP contribution in [-0.4, -0.2) is 18.6 Å². The number of pyridine rings is 1. The molecule has 0 saturated carbocycles. The second kappa shape index (κ2) is 4.94. The molecule has 0 aromatic carbocycles. The van der Waals surface area contributed by atoms with Gasteiger partial charge in [-0.15, -0.1) is 0 Å². The summed E-state index contributed by atoms with van der Waals surface area (Å²) in [5, 5.41) is 0. The highest BCUT2D eigenvalue weighted by Crippen LogP contribution is 2.14. The van der Waals surface area contributed by atoms with Gasteiger partial charge in [-0.25, -0.2) is 4.98 Å². The van der Waals surface area contributed by atoms with Crippen molar-refractivity contribution in [3.8, 4) is 0 Å². The minimum absolute atomic E-state index is 0.0398. The van der Waals surface area contributed by atoms with Crippen molar-refractivity contribution in [3.63, 3.8) is 0 Å². The lowest BCUT2D eigenvalue weighted by Crippen LogP contribution is -2.20. The number of rotatable bonds is 4. The first-order chi connectivity index (χ1) is 7.00. The van der Waals surface area contributed by atoms with Gasteiger partial charge in [0.1, 0.15) is 5.82 Å². The topological polar surface area (TPSA) is 42.1 Å². The maximum Gasteiger partial charge on any atom is 0.128 e. The van der Waals surface area contributed by atoms with Crippen LogP contribution in [0.5, 0.6) is 0 Å². The van der Waals surface area contributed by atoms with Crippen LogP contribution < -0.4 is 10.6 Å². The SMILES string of the molecule is C=C(C)CN(C)c1ccc(C(C)N)cn1. The molecule has 82 valence electrons. The van der Waals surface area contributed by atoms with Gasteiger partial charge in [-0.2, -0.15) is 0 Å². The molecule has 1 heterocycles. The number of anilines is 1. The Balaban J connectivity index is 2.75. The van der Waals surface area contributed by atoms with E-state index in [0.717, 1.165) is 23.5 Å². The molecular formula is C12H19N3. The van der Waals surface area contributed by atoms with Gasteiger partial charge in [0, 0.05) is 25.8 Å². The van der Waals surface area contributed by atoms with E-state index in [1.54, 1.807) is 0 Å². The highest BCUT2D eigenvalue weighted by molar-refractivity contribution is 5.40. The van der Waals surface area contributed by atoms with E-state index in [0.29, 0.717) is 0 Å². The number of nitrogens with two attached hydrogens (primary N) is 1. The summed E-state index contributed by atoms with van der Waals surface area (Å²) in [5.41, 5.74) is 7.93. The van der Waals surface area contributed by atoms with Crippen LogP contribution in [0.3, 0.4) is 0 Å². The lowest BCUT2D eigenvalue weighted by atomic mass is 10.1. The molecule has 1 atom stereocenters. The van der Waals surface area contributed by atoms with Crippen LogP contribution in [0.15, 0.2) is 30.5 Å². The molecule has 1 aromatic rings. The van der Waals surface area contributed by atoms with E-state index in [9.17, 15) is 0 Å². The van der Waals surface area contributed by atoms with E-state index in [-0.39, 0.29) is 6.04 Å². The minimum Gasteiger partial charge on any atom is -0.356 e. The average Bonchev–Trinajstić information content (AvgIpc) is 2.17. The molecule has 0 aliphatic rings. The van der Waals surface area contributed by atoms with Crippen molar-refractivity contribution < 1.29 is 0 Å². The number of likely N-dealkylation sites (N-methyl/N-ethyl adjacent to an activating group) is 1. The van der Waals surface area contributed by atoms with Crippen LogP contribution in [0, 0.1) is 0 Å². The Kier molecular flexibility index (Phi) is 3.86. The molecule has 3 heteroatoms. The molecule has 0 fully saturated rings. The Labute approximate surface area is 91.6 Å². The van der Waals surface area contributed by atoms with Crippen molar-refractivity contribution in [3.05, 3.63) is 36.0 Å². The molecule has 0 spiro atoms. The Bertz CT molecular complexity index is 327. The summed E-state index contributed by atoms with van der Waals surface area (Å²) in [4.78, 5) is 6.42. The number of hydrogen-bond donors (Lipinski definition) is 1. The van der Waals surface area contributed by atoms with Gasteiger partial charge in [0.25, 0.3) is 0 Å². The first kappa shape index (κ1) is 11.7. The quantitative estimate of drug-likeness (QED) is 0.765. The molecule has 0 bridgehead atoms. The molecule has 3 nitrogen and oxygen atoms in total. The summed E-state index contributed by atoms with van der Waals surface area (Å²) in [5.74, 6) is 0.947. The van der Waals surface area contributed by atoms with Gasteiger partial charge in [0.05, 0.1) is 0 Å². The van der Waals surface area contributed by atoms with E-state index >= 15 is 0 Å². The van der Waals surface area contributed by atoms with Gasteiger partial charge in [0.15, 0.2) is 0 Å². The van der Waals surface area contributed by atoms with E-state index in [2.05, 4.69) is 16.5 Å². The summed E-state index contributed by atoms with van der Waals surface area (Å²) >= 11 is 0. The Morgan fingerprint density at radius 1 is 1.60 bits per heavy atom. The summed E-state index contributed by atoms with van der Waals surface area (Å²) < 4.78 is 0. The molecular weight excluding hydrogens is 186 g/mol.